The van der Waals surface area contributed by atoms with Crippen LogP contribution in [0.15, 0.2) is 54.7 Å². The van der Waals surface area contributed by atoms with Gasteiger partial charge in [-0.25, -0.2) is 4.98 Å². The van der Waals surface area contributed by atoms with Gasteiger partial charge in [-0.2, -0.15) is 0 Å². The van der Waals surface area contributed by atoms with Crippen molar-refractivity contribution in [3.63, 3.8) is 0 Å². The average molecular weight is 424 g/mol. The van der Waals surface area contributed by atoms with Crippen molar-refractivity contribution in [2.75, 3.05) is 37.7 Å². The number of anilines is 1. The standard InChI is InChI=1S/C22H22ClN5O2/c1-2-30-18-6-3-16(4-7-18)19-8-10-21(26-25-19)27-11-13-28(14-12-27)22(29)17-5-9-20(23)24-15-17/h3-10,15H,2,11-14H2,1H3. The Labute approximate surface area is 180 Å². The van der Waals surface area contributed by atoms with Crippen LogP contribution in [0.2, 0.25) is 5.15 Å². The minimum absolute atomic E-state index is 0.0317. The monoisotopic (exact) mass is 423 g/mol. The fraction of sp³-hybridized carbons (Fsp3) is 0.273. The van der Waals surface area contributed by atoms with Crippen molar-refractivity contribution in [2.24, 2.45) is 0 Å². The highest BCUT2D eigenvalue weighted by Gasteiger charge is 2.23. The van der Waals surface area contributed by atoms with E-state index in [1.165, 1.54) is 6.20 Å². The van der Waals surface area contributed by atoms with E-state index in [0.717, 1.165) is 22.8 Å². The third kappa shape index (κ3) is 4.52. The molecule has 0 bridgehead atoms. The van der Waals surface area contributed by atoms with Crippen molar-refractivity contribution < 1.29 is 9.53 Å². The summed E-state index contributed by atoms with van der Waals surface area (Å²) in [6.07, 6.45) is 1.52. The quantitative estimate of drug-likeness (QED) is 0.584. The van der Waals surface area contributed by atoms with Gasteiger partial charge in [-0.3, -0.25) is 4.79 Å². The lowest BCUT2D eigenvalue weighted by atomic mass is 10.1. The van der Waals surface area contributed by atoms with Gasteiger partial charge < -0.3 is 14.5 Å². The van der Waals surface area contributed by atoms with Crippen molar-refractivity contribution in [3.05, 3.63) is 65.4 Å². The van der Waals surface area contributed by atoms with Crippen LogP contribution in [-0.2, 0) is 0 Å². The Morgan fingerprint density at radius 1 is 1.00 bits per heavy atom. The number of carbonyl (C=O) groups is 1. The Morgan fingerprint density at radius 3 is 2.37 bits per heavy atom. The van der Waals surface area contributed by atoms with E-state index in [0.29, 0.717) is 43.5 Å². The summed E-state index contributed by atoms with van der Waals surface area (Å²) in [5, 5.41) is 9.15. The van der Waals surface area contributed by atoms with Crippen molar-refractivity contribution in [2.45, 2.75) is 6.92 Å². The zero-order valence-electron chi connectivity index (χ0n) is 16.7. The number of amides is 1. The molecule has 4 rings (SSSR count). The Kier molecular flexibility index (Phi) is 6.09. The van der Waals surface area contributed by atoms with Crippen LogP contribution in [0.1, 0.15) is 17.3 Å². The van der Waals surface area contributed by atoms with E-state index >= 15 is 0 Å². The molecule has 154 valence electrons. The minimum Gasteiger partial charge on any atom is -0.494 e. The summed E-state index contributed by atoms with van der Waals surface area (Å²) in [6.45, 7) is 5.23. The highest BCUT2D eigenvalue weighted by Crippen LogP contribution is 2.22. The molecule has 1 aliphatic rings. The van der Waals surface area contributed by atoms with E-state index in [1.807, 2.05) is 48.2 Å². The number of piperazine rings is 1. The Morgan fingerprint density at radius 2 is 1.77 bits per heavy atom. The fourth-order valence-electron chi connectivity index (χ4n) is 3.36. The number of pyridine rings is 1. The molecule has 0 saturated carbocycles. The van der Waals surface area contributed by atoms with Gasteiger partial charge in [-0.15, -0.1) is 10.2 Å². The van der Waals surface area contributed by atoms with Crippen LogP contribution in [-0.4, -0.2) is 58.8 Å². The number of hydrogen-bond acceptors (Lipinski definition) is 6. The summed E-state index contributed by atoms with van der Waals surface area (Å²) in [6, 6.07) is 15.1. The zero-order valence-corrected chi connectivity index (χ0v) is 17.4. The van der Waals surface area contributed by atoms with Crippen molar-refractivity contribution >= 4 is 23.3 Å². The number of carbonyl (C=O) groups excluding carboxylic acids is 1. The third-order valence-electron chi connectivity index (χ3n) is 4.98. The Hall–Kier alpha value is -3.19. The van der Waals surface area contributed by atoms with E-state index in [4.69, 9.17) is 16.3 Å². The van der Waals surface area contributed by atoms with Gasteiger partial charge in [0.1, 0.15) is 10.9 Å². The largest absolute Gasteiger partial charge is 0.494 e. The van der Waals surface area contributed by atoms with Gasteiger partial charge in [0.15, 0.2) is 5.82 Å². The van der Waals surface area contributed by atoms with E-state index in [1.54, 1.807) is 12.1 Å². The summed E-state index contributed by atoms with van der Waals surface area (Å²) < 4.78 is 5.47. The van der Waals surface area contributed by atoms with Gasteiger partial charge in [0.2, 0.25) is 0 Å². The summed E-state index contributed by atoms with van der Waals surface area (Å²) in [7, 11) is 0. The SMILES string of the molecule is CCOc1ccc(-c2ccc(N3CCN(C(=O)c4ccc(Cl)nc4)CC3)nn2)cc1. The molecule has 3 heterocycles. The van der Waals surface area contributed by atoms with E-state index in [9.17, 15) is 4.79 Å². The predicted octanol–water partition coefficient (Wildman–Crippen LogP) is 3.55. The van der Waals surface area contributed by atoms with Gasteiger partial charge in [-0.05, 0) is 55.5 Å². The Bertz CT molecular complexity index is 986. The van der Waals surface area contributed by atoms with Crippen LogP contribution in [0.5, 0.6) is 5.75 Å². The molecular weight excluding hydrogens is 402 g/mol. The Balaban J connectivity index is 1.36. The molecule has 0 unspecified atom stereocenters. The summed E-state index contributed by atoms with van der Waals surface area (Å²) in [4.78, 5) is 20.6. The second-order valence-corrected chi connectivity index (χ2v) is 7.27. The van der Waals surface area contributed by atoms with E-state index < -0.39 is 0 Å². The molecule has 2 aromatic heterocycles. The zero-order chi connectivity index (χ0) is 20.9. The maximum atomic E-state index is 12.6. The summed E-state index contributed by atoms with van der Waals surface area (Å²) in [5.74, 6) is 1.62. The van der Waals surface area contributed by atoms with Crippen LogP contribution < -0.4 is 9.64 Å². The van der Waals surface area contributed by atoms with Crippen LogP contribution in [0.4, 0.5) is 5.82 Å². The predicted molar refractivity (Wildman–Crippen MR) is 116 cm³/mol. The van der Waals surface area contributed by atoms with Crippen molar-refractivity contribution in [1.29, 1.82) is 0 Å². The number of halogens is 1. The molecule has 0 radical (unpaired) electrons. The molecule has 0 N–H and O–H groups in total. The fourth-order valence-corrected chi connectivity index (χ4v) is 3.47. The molecular formula is C22H22ClN5O2. The lowest BCUT2D eigenvalue weighted by molar-refractivity contribution is 0.0746. The molecule has 1 aromatic carbocycles. The first-order valence-electron chi connectivity index (χ1n) is 9.87. The third-order valence-corrected chi connectivity index (χ3v) is 5.20. The molecule has 3 aromatic rings. The van der Waals surface area contributed by atoms with Gasteiger partial charge in [0.25, 0.3) is 5.91 Å². The molecule has 1 fully saturated rings. The molecule has 7 nitrogen and oxygen atoms in total. The molecule has 0 aliphatic carbocycles. The van der Waals surface area contributed by atoms with Crippen molar-refractivity contribution in [1.82, 2.24) is 20.1 Å². The lowest BCUT2D eigenvalue weighted by Crippen LogP contribution is -2.49. The molecule has 1 aliphatic heterocycles. The van der Waals surface area contributed by atoms with E-state index in [2.05, 4.69) is 20.1 Å². The molecule has 0 spiro atoms. The normalized spacial score (nSPS) is 13.9. The first-order chi connectivity index (χ1) is 14.6. The smallest absolute Gasteiger partial charge is 0.255 e. The van der Waals surface area contributed by atoms with Crippen molar-refractivity contribution in [3.8, 4) is 17.0 Å². The average Bonchev–Trinajstić information content (AvgIpc) is 2.80. The first-order valence-corrected chi connectivity index (χ1v) is 10.2. The molecule has 30 heavy (non-hydrogen) atoms. The highest BCUT2D eigenvalue weighted by molar-refractivity contribution is 6.29. The number of hydrogen-bond donors (Lipinski definition) is 0. The van der Waals surface area contributed by atoms with Crippen LogP contribution in [0.25, 0.3) is 11.3 Å². The minimum atomic E-state index is -0.0317. The molecule has 1 amide bonds. The number of rotatable bonds is 5. The second-order valence-electron chi connectivity index (χ2n) is 6.88. The van der Waals surface area contributed by atoms with Crippen LogP contribution >= 0.6 is 11.6 Å². The second kappa shape index (κ2) is 9.09. The maximum absolute atomic E-state index is 12.6. The maximum Gasteiger partial charge on any atom is 0.255 e. The van der Waals surface area contributed by atoms with Gasteiger partial charge in [0.05, 0.1) is 17.9 Å². The van der Waals surface area contributed by atoms with Crippen LogP contribution in [0, 0.1) is 0 Å². The number of benzene rings is 1. The summed E-state index contributed by atoms with van der Waals surface area (Å²) >= 11 is 5.80. The number of nitrogens with zero attached hydrogens (tertiary/aromatic N) is 5. The number of aromatic nitrogens is 3. The molecule has 0 atom stereocenters. The topological polar surface area (TPSA) is 71.5 Å². The highest BCUT2D eigenvalue weighted by atomic mass is 35.5. The first kappa shape index (κ1) is 20.1. The molecule has 8 heteroatoms. The van der Waals surface area contributed by atoms with Gasteiger partial charge in [0, 0.05) is 37.9 Å². The van der Waals surface area contributed by atoms with E-state index in [-0.39, 0.29) is 5.91 Å². The lowest BCUT2D eigenvalue weighted by Gasteiger charge is -2.35. The van der Waals surface area contributed by atoms with Crippen LogP contribution in [0.3, 0.4) is 0 Å². The molecule has 1 saturated heterocycles. The van der Waals surface area contributed by atoms with Gasteiger partial charge >= 0.3 is 0 Å². The summed E-state index contributed by atoms with van der Waals surface area (Å²) in [5.41, 5.74) is 2.35. The number of ether oxygens (including phenoxy) is 1. The van der Waals surface area contributed by atoms with Gasteiger partial charge in [-0.1, -0.05) is 11.6 Å².